The van der Waals surface area contributed by atoms with Crippen LogP contribution in [0.25, 0.3) is 27.7 Å². The van der Waals surface area contributed by atoms with Crippen LogP contribution < -0.4 is 9.64 Å². The highest BCUT2D eigenvalue weighted by Crippen LogP contribution is 2.34. The van der Waals surface area contributed by atoms with E-state index in [0.717, 1.165) is 49.1 Å². The Labute approximate surface area is 229 Å². The van der Waals surface area contributed by atoms with Gasteiger partial charge in [0.2, 0.25) is 0 Å². The van der Waals surface area contributed by atoms with Crippen molar-refractivity contribution in [3.05, 3.63) is 113 Å². The van der Waals surface area contributed by atoms with Crippen molar-refractivity contribution in [3.63, 3.8) is 0 Å². The normalized spacial score (nSPS) is 14.2. The molecule has 0 atom stereocenters. The summed E-state index contributed by atoms with van der Waals surface area (Å²) in [6.45, 7) is 7.15. The molecule has 0 N–H and O–H groups in total. The molecule has 0 saturated carbocycles. The second-order valence-corrected chi connectivity index (χ2v) is 10.4. The van der Waals surface area contributed by atoms with E-state index >= 15 is 0 Å². The summed E-state index contributed by atoms with van der Waals surface area (Å²) in [5, 5.41) is 3.25. The molecule has 1 aliphatic rings. The molecule has 5 heteroatoms. The lowest BCUT2D eigenvalue weighted by Gasteiger charge is -2.36. The Morgan fingerprint density at radius 3 is 2.24 bits per heavy atom. The third-order valence-electron chi connectivity index (χ3n) is 7.69. The maximum atomic E-state index is 6.25. The molecule has 0 amide bonds. The van der Waals surface area contributed by atoms with E-state index < -0.39 is 0 Å². The van der Waals surface area contributed by atoms with Gasteiger partial charge in [-0.25, -0.2) is 0 Å². The van der Waals surface area contributed by atoms with Crippen LogP contribution in [-0.2, 0) is 6.54 Å². The van der Waals surface area contributed by atoms with Gasteiger partial charge in [-0.3, -0.25) is 4.90 Å². The molecule has 38 heavy (non-hydrogen) atoms. The fourth-order valence-electron chi connectivity index (χ4n) is 5.64. The van der Waals surface area contributed by atoms with Gasteiger partial charge in [0.25, 0.3) is 0 Å². The van der Waals surface area contributed by atoms with Crippen molar-refractivity contribution in [2.75, 3.05) is 38.2 Å². The van der Waals surface area contributed by atoms with Crippen LogP contribution in [-0.4, -0.2) is 42.8 Å². The van der Waals surface area contributed by atoms with Gasteiger partial charge < -0.3 is 14.2 Å². The number of piperazine rings is 1. The number of hydrogen-bond acceptors (Lipinski definition) is 3. The smallest absolute Gasteiger partial charge is 0.142 e. The molecule has 6 rings (SSSR count). The third kappa shape index (κ3) is 4.66. The van der Waals surface area contributed by atoms with Crippen LogP contribution in [0.3, 0.4) is 0 Å². The van der Waals surface area contributed by atoms with Gasteiger partial charge in [-0.15, -0.1) is 0 Å². The molecule has 4 aromatic carbocycles. The number of fused-ring (bicyclic) bond motifs is 1. The van der Waals surface area contributed by atoms with Crippen molar-refractivity contribution < 1.29 is 4.74 Å². The Hall–Kier alpha value is -3.73. The molecule has 4 nitrogen and oxygen atoms in total. The first-order chi connectivity index (χ1) is 18.6. The number of halogens is 1. The minimum atomic E-state index is 0.752. The predicted octanol–water partition coefficient (Wildman–Crippen LogP) is 7.59. The van der Waals surface area contributed by atoms with Crippen molar-refractivity contribution >= 4 is 28.1 Å². The van der Waals surface area contributed by atoms with Gasteiger partial charge in [-0.2, -0.15) is 0 Å². The van der Waals surface area contributed by atoms with Gasteiger partial charge in [0.15, 0.2) is 0 Å². The molecule has 0 bridgehead atoms. The number of anilines is 1. The Morgan fingerprint density at radius 1 is 0.763 bits per heavy atom. The van der Waals surface area contributed by atoms with Crippen molar-refractivity contribution in [1.29, 1.82) is 0 Å². The van der Waals surface area contributed by atoms with E-state index in [-0.39, 0.29) is 0 Å². The summed E-state index contributed by atoms with van der Waals surface area (Å²) < 4.78 is 8.03. The van der Waals surface area contributed by atoms with Crippen LogP contribution in [0.5, 0.6) is 5.75 Å². The maximum Gasteiger partial charge on any atom is 0.142 e. The molecule has 1 fully saturated rings. The van der Waals surface area contributed by atoms with E-state index in [4.69, 9.17) is 16.3 Å². The molecule has 5 aromatic rings. The molecule has 1 aliphatic heterocycles. The molecule has 0 radical (unpaired) electrons. The zero-order valence-corrected chi connectivity index (χ0v) is 22.7. The highest BCUT2D eigenvalue weighted by atomic mass is 35.5. The lowest BCUT2D eigenvalue weighted by Crippen LogP contribution is -2.46. The summed E-state index contributed by atoms with van der Waals surface area (Å²) in [5.74, 6) is 0.941. The summed E-state index contributed by atoms with van der Waals surface area (Å²) in [5.41, 5.74) is 7.37. The Kier molecular flexibility index (Phi) is 6.84. The first kappa shape index (κ1) is 24.6. The highest BCUT2D eigenvalue weighted by molar-refractivity contribution is 6.30. The number of para-hydroxylation sites is 2. The minimum absolute atomic E-state index is 0.752. The van der Waals surface area contributed by atoms with Crippen LogP contribution in [0.1, 0.15) is 11.3 Å². The van der Waals surface area contributed by atoms with E-state index in [2.05, 4.69) is 94.1 Å². The number of aromatic nitrogens is 1. The summed E-state index contributed by atoms with van der Waals surface area (Å²) in [4.78, 5) is 5.00. The molecule has 192 valence electrons. The monoisotopic (exact) mass is 521 g/mol. The summed E-state index contributed by atoms with van der Waals surface area (Å²) in [6.07, 6.45) is 0. The molecule has 1 saturated heterocycles. The van der Waals surface area contributed by atoms with Crippen molar-refractivity contribution in [2.45, 2.75) is 13.5 Å². The Balaban J connectivity index is 1.33. The van der Waals surface area contributed by atoms with Crippen LogP contribution in [0, 0.1) is 6.92 Å². The van der Waals surface area contributed by atoms with Crippen LogP contribution in [0.2, 0.25) is 5.02 Å². The van der Waals surface area contributed by atoms with Gasteiger partial charge >= 0.3 is 0 Å². The fraction of sp³-hybridized carbons (Fsp3) is 0.212. The maximum absolute atomic E-state index is 6.25. The lowest BCUT2D eigenvalue weighted by molar-refractivity contribution is 0.248. The first-order valence-corrected chi connectivity index (χ1v) is 13.6. The molecular formula is C33H32ClN3O. The van der Waals surface area contributed by atoms with E-state index in [9.17, 15) is 0 Å². The molecular weight excluding hydrogens is 490 g/mol. The van der Waals surface area contributed by atoms with Gasteiger partial charge in [-0.05, 0) is 59.8 Å². The number of benzene rings is 4. The second kappa shape index (κ2) is 10.6. The van der Waals surface area contributed by atoms with Crippen LogP contribution in [0.4, 0.5) is 5.69 Å². The zero-order valence-electron chi connectivity index (χ0n) is 21.9. The molecule has 2 heterocycles. The molecule has 0 unspecified atom stereocenters. The van der Waals surface area contributed by atoms with Gasteiger partial charge in [0.1, 0.15) is 5.75 Å². The fourth-order valence-corrected chi connectivity index (χ4v) is 5.77. The standard InChI is InChI=1S/C33H32ClN3O/c1-24-27(23-35-18-20-36(21-19-35)31-11-5-6-13-33(31)38-2)22-32(26-14-16-28(34)17-15-26)37(24)30-12-7-9-25-8-3-4-10-29(25)30/h3-17,22H,18-21,23H2,1-2H3. The van der Waals surface area contributed by atoms with E-state index in [0.29, 0.717) is 0 Å². The van der Waals surface area contributed by atoms with Gasteiger partial charge in [0, 0.05) is 48.8 Å². The SMILES string of the molecule is COc1ccccc1N1CCN(Cc2cc(-c3ccc(Cl)cc3)n(-c3cccc4ccccc34)c2C)CC1. The topological polar surface area (TPSA) is 20.6 Å². The van der Waals surface area contributed by atoms with Crippen LogP contribution >= 0.6 is 11.6 Å². The number of methoxy groups -OCH3 is 1. The first-order valence-electron chi connectivity index (χ1n) is 13.2. The van der Waals surface area contributed by atoms with Gasteiger partial charge in [-0.1, -0.05) is 72.3 Å². The van der Waals surface area contributed by atoms with E-state index in [1.54, 1.807) is 7.11 Å². The van der Waals surface area contributed by atoms with Gasteiger partial charge in [0.05, 0.1) is 24.2 Å². The third-order valence-corrected chi connectivity index (χ3v) is 7.94. The van der Waals surface area contributed by atoms with Crippen molar-refractivity contribution in [3.8, 4) is 22.7 Å². The largest absolute Gasteiger partial charge is 0.495 e. The van der Waals surface area contributed by atoms with Crippen molar-refractivity contribution in [2.24, 2.45) is 0 Å². The second-order valence-electron chi connectivity index (χ2n) is 9.92. The summed E-state index contributed by atoms with van der Waals surface area (Å²) >= 11 is 6.25. The van der Waals surface area contributed by atoms with Crippen molar-refractivity contribution in [1.82, 2.24) is 9.47 Å². The quantitative estimate of drug-likeness (QED) is 0.229. The van der Waals surface area contributed by atoms with Crippen LogP contribution in [0.15, 0.2) is 97.1 Å². The number of nitrogens with zero attached hydrogens (tertiary/aromatic N) is 3. The summed E-state index contributed by atoms with van der Waals surface area (Å²) in [7, 11) is 1.75. The Morgan fingerprint density at radius 2 is 1.45 bits per heavy atom. The summed E-state index contributed by atoms with van der Waals surface area (Å²) in [6, 6.07) is 34.0. The average molecular weight is 522 g/mol. The number of hydrogen-bond donors (Lipinski definition) is 0. The Bertz CT molecular complexity index is 1560. The predicted molar refractivity (Wildman–Crippen MR) is 159 cm³/mol. The zero-order chi connectivity index (χ0) is 26.1. The minimum Gasteiger partial charge on any atom is -0.495 e. The van der Waals surface area contributed by atoms with E-state index in [1.165, 1.54) is 39.1 Å². The molecule has 0 spiro atoms. The van der Waals surface area contributed by atoms with E-state index in [1.807, 2.05) is 24.3 Å². The highest BCUT2D eigenvalue weighted by Gasteiger charge is 2.22. The molecule has 0 aliphatic carbocycles. The molecule has 1 aromatic heterocycles. The number of rotatable bonds is 6. The average Bonchev–Trinajstić information content (AvgIpc) is 3.28. The number of ether oxygens (including phenoxy) is 1. The lowest BCUT2D eigenvalue weighted by atomic mass is 10.1.